The summed E-state index contributed by atoms with van der Waals surface area (Å²) in [7, 11) is -4.71. The van der Waals surface area contributed by atoms with Gasteiger partial charge in [0.05, 0.1) is 6.61 Å². The standard InChI is InChI=1S/C9H10O7S/c10-5-6-15-9(11)7-3-1-2-4-8(7)16-17(12,13)14/h1-4,10H,5-6H2,(H,12,13,14). The number of aliphatic hydroxyl groups excluding tert-OH is 1. The van der Waals surface area contributed by atoms with E-state index in [1.165, 1.54) is 24.3 Å². The molecular weight excluding hydrogens is 252 g/mol. The summed E-state index contributed by atoms with van der Waals surface area (Å²) in [6, 6.07) is 5.33. The SMILES string of the molecule is O=C(OCCO)c1ccccc1OS(=O)(=O)O. The molecule has 1 aromatic rings. The molecule has 0 aliphatic heterocycles. The minimum absolute atomic E-state index is 0.168. The highest BCUT2D eigenvalue weighted by atomic mass is 32.3. The van der Waals surface area contributed by atoms with E-state index in [2.05, 4.69) is 8.92 Å². The lowest BCUT2D eigenvalue weighted by Crippen LogP contribution is -2.13. The Morgan fingerprint density at radius 3 is 2.53 bits per heavy atom. The number of para-hydroxylation sites is 1. The topological polar surface area (TPSA) is 110 Å². The maximum absolute atomic E-state index is 11.4. The van der Waals surface area contributed by atoms with Crippen molar-refractivity contribution in [3.63, 3.8) is 0 Å². The quantitative estimate of drug-likeness (QED) is 0.568. The first-order valence-corrected chi connectivity index (χ1v) is 5.84. The number of hydrogen-bond donors (Lipinski definition) is 2. The second-order valence-corrected chi connectivity index (χ2v) is 3.89. The molecule has 8 heteroatoms. The number of carbonyl (C=O) groups excluding carboxylic acids is 1. The fourth-order valence-corrected chi connectivity index (χ4v) is 1.41. The van der Waals surface area contributed by atoms with E-state index < -0.39 is 16.4 Å². The zero-order valence-corrected chi connectivity index (χ0v) is 9.38. The smallest absolute Gasteiger partial charge is 0.446 e. The van der Waals surface area contributed by atoms with Crippen LogP contribution in [0.15, 0.2) is 24.3 Å². The fourth-order valence-electron chi connectivity index (χ4n) is 1.04. The molecule has 0 fully saturated rings. The van der Waals surface area contributed by atoms with Gasteiger partial charge in [-0.15, -0.1) is 0 Å². The summed E-state index contributed by atoms with van der Waals surface area (Å²) in [5.41, 5.74) is -0.168. The van der Waals surface area contributed by atoms with Gasteiger partial charge in [-0.3, -0.25) is 4.55 Å². The zero-order valence-electron chi connectivity index (χ0n) is 8.57. The summed E-state index contributed by atoms with van der Waals surface area (Å²) >= 11 is 0. The molecule has 0 spiro atoms. The van der Waals surface area contributed by atoms with Crippen molar-refractivity contribution in [1.82, 2.24) is 0 Å². The lowest BCUT2D eigenvalue weighted by molar-refractivity contribution is 0.0432. The molecule has 0 aromatic heterocycles. The van der Waals surface area contributed by atoms with Crippen molar-refractivity contribution in [3.05, 3.63) is 29.8 Å². The van der Waals surface area contributed by atoms with Crippen LogP contribution in [0.5, 0.6) is 5.75 Å². The summed E-state index contributed by atoms with van der Waals surface area (Å²) in [5, 5.41) is 8.47. The van der Waals surface area contributed by atoms with Crippen LogP contribution in [0, 0.1) is 0 Å². The molecule has 0 aliphatic rings. The van der Waals surface area contributed by atoms with Crippen molar-refractivity contribution >= 4 is 16.4 Å². The maximum Gasteiger partial charge on any atom is 0.446 e. The summed E-state index contributed by atoms with van der Waals surface area (Å²) in [5.74, 6) is -1.21. The number of aliphatic hydroxyl groups is 1. The number of rotatable bonds is 5. The first-order chi connectivity index (χ1) is 7.94. The van der Waals surface area contributed by atoms with Gasteiger partial charge in [-0.2, -0.15) is 8.42 Å². The molecule has 0 aliphatic carbocycles. The van der Waals surface area contributed by atoms with Gasteiger partial charge in [-0.25, -0.2) is 4.79 Å². The third kappa shape index (κ3) is 4.39. The van der Waals surface area contributed by atoms with Crippen LogP contribution in [0.3, 0.4) is 0 Å². The van der Waals surface area contributed by atoms with Crippen molar-refractivity contribution in [2.45, 2.75) is 0 Å². The van der Waals surface area contributed by atoms with Crippen molar-refractivity contribution in [3.8, 4) is 5.75 Å². The molecule has 0 heterocycles. The van der Waals surface area contributed by atoms with Crippen molar-refractivity contribution in [2.24, 2.45) is 0 Å². The third-order valence-corrected chi connectivity index (χ3v) is 2.02. The van der Waals surface area contributed by atoms with Crippen LogP contribution in [-0.2, 0) is 15.1 Å². The molecule has 0 amide bonds. The number of ether oxygens (including phenoxy) is 1. The van der Waals surface area contributed by atoms with E-state index in [1.807, 2.05) is 0 Å². The molecule has 1 aromatic carbocycles. The van der Waals surface area contributed by atoms with Gasteiger partial charge in [0.2, 0.25) is 0 Å². The molecule has 0 unspecified atom stereocenters. The van der Waals surface area contributed by atoms with Gasteiger partial charge >= 0.3 is 16.4 Å². The van der Waals surface area contributed by atoms with Crippen molar-refractivity contribution in [1.29, 1.82) is 0 Å². The Kier molecular flexibility index (Phi) is 4.44. The fraction of sp³-hybridized carbons (Fsp3) is 0.222. The van der Waals surface area contributed by atoms with Crippen molar-refractivity contribution < 1.29 is 31.8 Å². The van der Waals surface area contributed by atoms with Crippen molar-refractivity contribution in [2.75, 3.05) is 13.2 Å². The Morgan fingerprint density at radius 1 is 1.29 bits per heavy atom. The Balaban J connectivity index is 2.95. The van der Waals surface area contributed by atoms with E-state index in [4.69, 9.17) is 9.66 Å². The largest absolute Gasteiger partial charge is 0.460 e. The second-order valence-electron chi connectivity index (χ2n) is 2.87. The minimum atomic E-state index is -4.71. The number of esters is 1. The van der Waals surface area contributed by atoms with Gasteiger partial charge in [0, 0.05) is 0 Å². The van der Waals surface area contributed by atoms with Crippen LogP contribution in [0.4, 0.5) is 0 Å². The molecule has 0 radical (unpaired) electrons. The summed E-state index contributed by atoms with van der Waals surface area (Å²) < 4.78 is 38.4. The highest BCUT2D eigenvalue weighted by molar-refractivity contribution is 7.81. The molecule has 94 valence electrons. The van der Waals surface area contributed by atoms with Crippen LogP contribution in [-0.4, -0.2) is 37.3 Å². The first kappa shape index (κ1) is 13.4. The van der Waals surface area contributed by atoms with E-state index in [-0.39, 0.29) is 24.5 Å². The highest BCUT2D eigenvalue weighted by Gasteiger charge is 2.17. The molecule has 7 nitrogen and oxygen atoms in total. The van der Waals surface area contributed by atoms with Gasteiger partial charge in [-0.1, -0.05) is 12.1 Å². The van der Waals surface area contributed by atoms with E-state index in [9.17, 15) is 13.2 Å². The van der Waals surface area contributed by atoms with Gasteiger partial charge in [0.15, 0.2) is 5.75 Å². The Hall–Kier alpha value is -1.64. The van der Waals surface area contributed by atoms with Crippen LogP contribution in [0.25, 0.3) is 0 Å². The summed E-state index contributed by atoms with van der Waals surface area (Å²) in [4.78, 5) is 11.4. The van der Waals surface area contributed by atoms with Crippen LogP contribution < -0.4 is 4.18 Å². The van der Waals surface area contributed by atoms with Crippen LogP contribution >= 0.6 is 0 Å². The summed E-state index contributed by atoms with van der Waals surface area (Å²) in [6.45, 7) is -0.577. The number of carbonyl (C=O) groups is 1. The van der Waals surface area contributed by atoms with E-state index in [0.29, 0.717) is 0 Å². The Bertz CT molecular complexity index is 494. The molecule has 0 bridgehead atoms. The third-order valence-electron chi connectivity index (χ3n) is 1.63. The predicted octanol–water partition coefficient (Wildman–Crippen LogP) is 0.0173. The second kappa shape index (κ2) is 5.62. The molecule has 0 saturated carbocycles. The average molecular weight is 262 g/mol. The molecule has 2 N–H and O–H groups in total. The molecule has 1 rings (SSSR count). The molecule has 17 heavy (non-hydrogen) atoms. The Labute approximate surface area is 97.5 Å². The normalized spacial score (nSPS) is 10.9. The number of benzene rings is 1. The highest BCUT2D eigenvalue weighted by Crippen LogP contribution is 2.20. The molecule has 0 saturated heterocycles. The molecular formula is C9H10O7S. The van der Waals surface area contributed by atoms with Crippen LogP contribution in [0.1, 0.15) is 10.4 Å². The molecule has 0 atom stereocenters. The van der Waals surface area contributed by atoms with Gasteiger partial charge in [0.25, 0.3) is 0 Å². The number of hydrogen-bond acceptors (Lipinski definition) is 6. The Morgan fingerprint density at radius 2 is 1.94 bits per heavy atom. The zero-order chi connectivity index (χ0) is 12.9. The lowest BCUT2D eigenvalue weighted by Gasteiger charge is -2.07. The van der Waals surface area contributed by atoms with Gasteiger partial charge in [0.1, 0.15) is 12.2 Å². The predicted molar refractivity (Wildman–Crippen MR) is 56.0 cm³/mol. The first-order valence-electron chi connectivity index (χ1n) is 4.48. The van der Waals surface area contributed by atoms with E-state index in [1.54, 1.807) is 0 Å². The van der Waals surface area contributed by atoms with E-state index in [0.717, 1.165) is 0 Å². The lowest BCUT2D eigenvalue weighted by atomic mass is 10.2. The monoisotopic (exact) mass is 262 g/mol. The van der Waals surface area contributed by atoms with E-state index >= 15 is 0 Å². The van der Waals surface area contributed by atoms with Gasteiger partial charge < -0.3 is 14.0 Å². The summed E-state index contributed by atoms with van der Waals surface area (Å²) in [6.07, 6.45) is 0. The minimum Gasteiger partial charge on any atom is -0.460 e. The average Bonchev–Trinajstić information content (AvgIpc) is 2.24. The van der Waals surface area contributed by atoms with Gasteiger partial charge in [-0.05, 0) is 12.1 Å². The van der Waals surface area contributed by atoms with Crippen LogP contribution in [0.2, 0.25) is 0 Å². The maximum atomic E-state index is 11.4.